The second kappa shape index (κ2) is 9.32. The number of amidine groups is 1. The number of carbonyl (C=O) groups is 1. The van der Waals surface area contributed by atoms with E-state index in [9.17, 15) is 4.79 Å². The summed E-state index contributed by atoms with van der Waals surface area (Å²) in [5.41, 5.74) is 2.49. The average Bonchev–Trinajstić information content (AvgIpc) is 3.25. The molecule has 2 unspecified atom stereocenters. The first-order valence-electron chi connectivity index (χ1n) is 11.3. The summed E-state index contributed by atoms with van der Waals surface area (Å²) >= 11 is 0. The molecule has 3 N–H and O–H groups in total. The van der Waals surface area contributed by atoms with Crippen molar-refractivity contribution in [1.29, 1.82) is 5.41 Å². The summed E-state index contributed by atoms with van der Waals surface area (Å²) < 4.78 is 5.87. The molecule has 1 aromatic heterocycles. The summed E-state index contributed by atoms with van der Waals surface area (Å²) in [5.74, 6) is 0.490. The predicted molar refractivity (Wildman–Crippen MR) is 124 cm³/mol. The molecule has 7 heteroatoms. The minimum absolute atomic E-state index is 0.0326. The van der Waals surface area contributed by atoms with Crippen LogP contribution >= 0.6 is 0 Å². The summed E-state index contributed by atoms with van der Waals surface area (Å²) in [6.07, 6.45) is 6.07. The van der Waals surface area contributed by atoms with Crippen LogP contribution in [0.25, 0.3) is 10.9 Å². The first-order chi connectivity index (χ1) is 14.9. The number of nitrogens with zero attached hydrogens (tertiary/aromatic N) is 2. The topological polar surface area (TPSA) is 90.3 Å². The van der Waals surface area contributed by atoms with Crippen LogP contribution in [0.5, 0.6) is 0 Å². The third-order valence-electron chi connectivity index (χ3n) is 6.46. The summed E-state index contributed by atoms with van der Waals surface area (Å²) in [4.78, 5) is 20.0. The third-order valence-corrected chi connectivity index (χ3v) is 6.46. The SMILES string of the molecule is COC1CN(c2nc3ccc(C)cc3cc2C(=O)NC(C)=N)CCC1NC1CCCC1. The Balaban J connectivity index is 1.63. The zero-order valence-electron chi connectivity index (χ0n) is 18.7. The molecule has 4 rings (SSSR count). The van der Waals surface area contributed by atoms with Gasteiger partial charge in [0.25, 0.3) is 5.91 Å². The summed E-state index contributed by atoms with van der Waals surface area (Å²) in [5, 5.41) is 15.1. The molecule has 7 nitrogen and oxygen atoms in total. The number of rotatable bonds is 5. The van der Waals surface area contributed by atoms with Gasteiger partial charge in [-0.25, -0.2) is 4.98 Å². The Morgan fingerprint density at radius 1 is 1.23 bits per heavy atom. The van der Waals surface area contributed by atoms with Crippen molar-refractivity contribution >= 4 is 28.5 Å². The normalized spacial score (nSPS) is 22.1. The largest absolute Gasteiger partial charge is 0.378 e. The van der Waals surface area contributed by atoms with E-state index >= 15 is 0 Å². The number of nitrogens with one attached hydrogen (secondary N) is 3. The van der Waals surface area contributed by atoms with Gasteiger partial charge in [-0.1, -0.05) is 24.5 Å². The maximum absolute atomic E-state index is 12.9. The van der Waals surface area contributed by atoms with Crippen molar-refractivity contribution in [3.63, 3.8) is 0 Å². The molecule has 0 bridgehead atoms. The van der Waals surface area contributed by atoms with Crippen LogP contribution in [0, 0.1) is 12.3 Å². The second-order valence-electron chi connectivity index (χ2n) is 8.90. The van der Waals surface area contributed by atoms with E-state index in [2.05, 4.69) is 15.5 Å². The van der Waals surface area contributed by atoms with E-state index in [-0.39, 0.29) is 17.8 Å². The minimum Gasteiger partial charge on any atom is -0.378 e. The highest BCUT2D eigenvalue weighted by atomic mass is 16.5. The molecule has 1 aliphatic heterocycles. The lowest BCUT2D eigenvalue weighted by molar-refractivity contribution is 0.0557. The molecule has 1 aromatic carbocycles. The number of piperidine rings is 1. The van der Waals surface area contributed by atoms with Gasteiger partial charge in [0.05, 0.1) is 23.0 Å². The number of hydrogen-bond donors (Lipinski definition) is 3. The molecule has 0 radical (unpaired) electrons. The Morgan fingerprint density at radius 3 is 2.71 bits per heavy atom. The fraction of sp³-hybridized carbons (Fsp3) is 0.542. The number of aryl methyl sites for hydroxylation is 1. The van der Waals surface area contributed by atoms with Gasteiger partial charge < -0.3 is 20.3 Å². The van der Waals surface area contributed by atoms with Gasteiger partial charge in [0, 0.05) is 37.7 Å². The third kappa shape index (κ3) is 4.88. The molecule has 2 heterocycles. The number of ether oxygens (including phenoxy) is 1. The van der Waals surface area contributed by atoms with E-state index in [4.69, 9.17) is 15.1 Å². The number of fused-ring (bicyclic) bond motifs is 1. The summed E-state index contributed by atoms with van der Waals surface area (Å²) in [7, 11) is 1.76. The maximum Gasteiger partial charge on any atom is 0.260 e. The lowest BCUT2D eigenvalue weighted by atomic mass is 9.99. The van der Waals surface area contributed by atoms with E-state index < -0.39 is 0 Å². The fourth-order valence-corrected chi connectivity index (χ4v) is 4.87. The van der Waals surface area contributed by atoms with Crippen LogP contribution in [-0.2, 0) is 4.74 Å². The smallest absolute Gasteiger partial charge is 0.260 e. The number of carbonyl (C=O) groups excluding carboxylic acids is 1. The molecule has 166 valence electrons. The van der Waals surface area contributed by atoms with Gasteiger partial charge in [0.1, 0.15) is 5.82 Å². The Hall–Kier alpha value is -2.51. The fourth-order valence-electron chi connectivity index (χ4n) is 4.87. The Bertz CT molecular complexity index is 970. The maximum atomic E-state index is 12.9. The number of anilines is 1. The number of methoxy groups -OCH3 is 1. The van der Waals surface area contributed by atoms with E-state index in [1.807, 2.05) is 31.2 Å². The van der Waals surface area contributed by atoms with Gasteiger partial charge in [0.2, 0.25) is 0 Å². The van der Waals surface area contributed by atoms with Crippen molar-refractivity contribution in [1.82, 2.24) is 15.6 Å². The Morgan fingerprint density at radius 2 is 2.00 bits per heavy atom. The van der Waals surface area contributed by atoms with E-state index in [1.54, 1.807) is 14.0 Å². The number of pyridine rings is 1. The molecule has 2 aromatic rings. The van der Waals surface area contributed by atoms with Crippen LogP contribution in [0.15, 0.2) is 24.3 Å². The zero-order valence-corrected chi connectivity index (χ0v) is 18.7. The molecule has 2 aliphatic rings. The van der Waals surface area contributed by atoms with Crippen molar-refractivity contribution in [2.45, 2.75) is 64.1 Å². The van der Waals surface area contributed by atoms with Gasteiger partial charge in [-0.05, 0) is 51.3 Å². The van der Waals surface area contributed by atoms with E-state index in [1.165, 1.54) is 25.7 Å². The molecule has 1 amide bonds. The zero-order chi connectivity index (χ0) is 22.0. The van der Waals surface area contributed by atoms with Crippen LogP contribution in [-0.4, -0.2) is 55.1 Å². The van der Waals surface area contributed by atoms with Crippen molar-refractivity contribution in [3.05, 3.63) is 35.4 Å². The highest BCUT2D eigenvalue weighted by Gasteiger charge is 2.33. The molecule has 2 atom stereocenters. The van der Waals surface area contributed by atoms with Crippen LogP contribution < -0.4 is 15.5 Å². The van der Waals surface area contributed by atoms with Gasteiger partial charge in [-0.3, -0.25) is 10.2 Å². The quantitative estimate of drug-likeness (QED) is 0.507. The van der Waals surface area contributed by atoms with Crippen LogP contribution in [0.1, 0.15) is 54.9 Å². The molecular weight excluding hydrogens is 390 g/mol. The van der Waals surface area contributed by atoms with Crippen LogP contribution in [0.4, 0.5) is 5.82 Å². The first kappa shape index (κ1) is 21.7. The second-order valence-corrected chi connectivity index (χ2v) is 8.90. The molecule has 2 fully saturated rings. The molecule has 31 heavy (non-hydrogen) atoms. The summed E-state index contributed by atoms with van der Waals surface area (Å²) in [6, 6.07) is 8.88. The number of hydrogen-bond acceptors (Lipinski definition) is 6. The monoisotopic (exact) mass is 423 g/mol. The van der Waals surface area contributed by atoms with Gasteiger partial charge in [-0.2, -0.15) is 0 Å². The Labute approximate surface area is 184 Å². The number of aromatic nitrogens is 1. The first-order valence-corrected chi connectivity index (χ1v) is 11.3. The standard InChI is InChI=1S/C24H33N5O2/c1-15-8-9-20-17(12-15)13-19(24(30)26-16(2)25)23(28-20)29-11-10-21(22(14-29)31-3)27-18-6-4-5-7-18/h8-9,12-13,18,21-22,27H,4-7,10-11,14H2,1-3H3,(H2,25,26,30). The highest BCUT2D eigenvalue weighted by molar-refractivity contribution is 6.09. The van der Waals surface area contributed by atoms with E-state index in [0.29, 0.717) is 30.0 Å². The molecule has 0 spiro atoms. The van der Waals surface area contributed by atoms with Crippen molar-refractivity contribution in [2.24, 2.45) is 0 Å². The predicted octanol–water partition coefficient (Wildman–Crippen LogP) is 3.40. The van der Waals surface area contributed by atoms with Gasteiger partial charge in [0.15, 0.2) is 0 Å². The number of benzene rings is 1. The molecule has 1 saturated carbocycles. The molecular formula is C24H33N5O2. The molecule has 1 aliphatic carbocycles. The highest BCUT2D eigenvalue weighted by Crippen LogP contribution is 2.29. The van der Waals surface area contributed by atoms with Crippen LogP contribution in [0.2, 0.25) is 0 Å². The van der Waals surface area contributed by atoms with Crippen LogP contribution in [0.3, 0.4) is 0 Å². The lowest BCUT2D eigenvalue weighted by Gasteiger charge is -2.40. The van der Waals surface area contributed by atoms with Gasteiger partial charge >= 0.3 is 0 Å². The number of amides is 1. The molecule has 1 saturated heterocycles. The minimum atomic E-state index is -0.293. The lowest BCUT2D eigenvalue weighted by Crippen LogP contribution is -2.55. The van der Waals surface area contributed by atoms with Crippen molar-refractivity contribution < 1.29 is 9.53 Å². The Kier molecular flexibility index (Phi) is 6.53. The van der Waals surface area contributed by atoms with Crippen molar-refractivity contribution in [3.8, 4) is 0 Å². The van der Waals surface area contributed by atoms with Crippen molar-refractivity contribution in [2.75, 3.05) is 25.1 Å². The summed E-state index contributed by atoms with van der Waals surface area (Å²) in [6.45, 7) is 5.07. The van der Waals surface area contributed by atoms with E-state index in [0.717, 1.165) is 29.4 Å². The van der Waals surface area contributed by atoms with Gasteiger partial charge in [-0.15, -0.1) is 0 Å². The average molecular weight is 424 g/mol.